The molecule has 2 N–H and O–H groups in total. The first-order valence-electron chi connectivity index (χ1n) is 11.1. The van der Waals surface area contributed by atoms with Crippen molar-refractivity contribution in [2.75, 3.05) is 6.61 Å². The molecular weight excluding hydrogens is 458 g/mol. The fraction of sp³-hybridized carbons (Fsp3) is 0.417. The molecule has 1 aliphatic rings. The smallest absolute Gasteiger partial charge is 0.332 e. The topological polar surface area (TPSA) is 154 Å². The van der Waals surface area contributed by atoms with Gasteiger partial charge in [-0.1, -0.05) is 44.2 Å². The lowest BCUT2D eigenvalue weighted by Crippen LogP contribution is -2.47. The van der Waals surface area contributed by atoms with Crippen LogP contribution in [-0.4, -0.2) is 58.9 Å². The average Bonchev–Trinajstić information content (AvgIpc) is 2.86. The molecule has 1 amide bonds. The molecule has 1 aromatic carbocycles. The largest absolute Gasteiger partial charge is 0.463 e. The SMILES string of the molecule is CC(C)C(=O)O[C@H]1[C@H](C)OC(=O)[C@@H](NC(=O)c2n[nH]ccc2=O)COC(=O)[C@@H]1Cc1ccccc1. The minimum absolute atomic E-state index is 0.165. The van der Waals surface area contributed by atoms with Crippen LogP contribution >= 0.6 is 0 Å². The first-order chi connectivity index (χ1) is 16.7. The van der Waals surface area contributed by atoms with Gasteiger partial charge in [0, 0.05) is 12.3 Å². The fourth-order valence-electron chi connectivity index (χ4n) is 3.49. The van der Waals surface area contributed by atoms with Crippen molar-refractivity contribution in [2.24, 2.45) is 11.8 Å². The van der Waals surface area contributed by atoms with Gasteiger partial charge in [-0.25, -0.2) is 4.79 Å². The third kappa shape index (κ3) is 6.52. The number of carbonyl (C=O) groups is 4. The van der Waals surface area contributed by atoms with Gasteiger partial charge in [0.2, 0.25) is 5.43 Å². The molecule has 2 aromatic rings. The summed E-state index contributed by atoms with van der Waals surface area (Å²) in [6.45, 7) is 4.24. The Morgan fingerprint density at radius 3 is 2.51 bits per heavy atom. The molecule has 2 heterocycles. The number of ether oxygens (including phenoxy) is 3. The molecule has 0 spiro atoms. The van der Waals surface area contributed by atoms with Gasteiger partial charge in [-0.3, -0.25) is 24.3 Å². The first-order valence-corrected chi connectivity index (χ1v) is 11.1. The van der Waals surface area contributed by atoms with Crippen LogP contribution < -0.4 is 10.7 Å². The molecule has 186 valence electrons. The van der Waals surface area contributed by atoms with E-state index in [2.05, 4.69) is 15.5 Å². The molecule has 0 bridgehead atoms. The minimum atomic E-state index is -1.41. The van der Waals surface area contributed by atoms with Gasteiger partial charge in [0.05, 0.1) is 5.92 Å². The zero-order valence-electron chi connectivity index (χ0n) is 19.6. The maximum atomic E-state index is 13.1. The molecule has 1 aromatic heterocycles. The number of cyclic esters (lactones) is 2. The maximum Gasteiger partial charge on any atom is 0.332 e. The number of benzene rings is 1. The van der Waals surface area contributed by atoms with E-state index in [1.807, 2.05) is 18.2 Å². The van der Waals surface area contributed by atoms with Crippen molar-refractivity contribution in [3.63, 3.8) is 0 Å². The normalized spacial score (nSPS) is 22.7. The highest BCUT2D eigenvalue weighted by Gasteiger charge is 2.42. The second-order valence-electron chi connectivity index (χ2n) is 8.44. The molecule has 11 nitrogen and oxygen atoms in total. The van der Waals surface area contributed by atoms with E-state index in [0.717, 1.165) is 11.6 Å². The first kappa shape index (κ1) is 25.6. The van der Waals surface area contributed by atoms with E-state index in [4.69, 9.17) is 14.2 Å². The summed E-state index contributed by atoms with van der Waals surface area (Å²) in [4.78, 5) is 62.8. The molecule has 4 atom stereocenters. The predicted octanol–water partition coefficient (Wildman–Crippen LogP) is 0.784. The summed E-state index contributed by atoms with van der Waals surface area (Å²) in [5.41, 5.74) is -0.339. The number of nitrogens with zero attached hydrogens (tertiary/aromatic N) is 1. The number of hydrogen-bond donors (Lipinski definition) is 2. The fourth-order valence-corrected chi connectivity index (χ4v) is 3.49. The number of H-pyrrole nitrogens is 1. The van der Waals surface area contributed by atoms with Gasteiger partial charge in [-0.15, -0.1) is 0 Å². The van der Waals surface area contributed by atoms with Crippen LogP contribution in [0.25, 0.3) is 0 Å². The molecule has 1 aliphatic heterocycles. The predicted molar refractivity (Wildman–Crippen MR) is 121 cm³/mol. The summed E-state index contributed by atoms with van der Waals surface area (Å²) in [5.74, 6) is -4.62. The van der Waals surface area contributed by atoms with Crippen LogP contribution in [0.2, 0.25) is 0 Å². The molecule has 11 heteroatoms. The molecular formula is C24H27N3O8. The van der Waals surface area contributed by atoms with Crippen molar-refractivity contribution in [1.82, 2.24) is 15.5 Å². The van der Waals surface area contributed by atoms with Crippen LogP contribution in [0.3, 0.4) is 0 Å². The van der Waals surface area contributed by atoms with Crippen molar-refractivity contribution >= 4 is 23.8 Å². The molecule has 0 aliphatic carbocycles. The standard InChI is InChI=1S/C24H27N3O8/c1-13(2)22(30)35-20-14(3)34-24(32)17(26-21(29)19-18(28)9-10-25-27-19)12-33-23(31)16(20)11-15-7-5-4-6-8-15/h4-10,13-14,16-17,20H,11-12H2,1-3H3,(H,25,28)(H,26,29)/t14-,16+,17-,20-/m0/s1. The molecule has 1 saturated heterocycles. The van der Waals surface area contributed by atoms with E-state index >= 15 is 0 Å². The number of rotatable bonds is 6. The lowest BCUT2D eigenvalue weighted by molar-refractivity contribution is -0.176. The summed E-state index contributed by atoms with van der Waals surface area (Å²) in [7, 11) is 0. The number of aromatic amines is 1. The van der Waals surface area contributed by atoms with Crippen LogP contribution in [0.15, 0.2) is 47.4 Å². The van der Waals surface area contributed by atoms with Crippen LogP contribution in [0.1, 0.15) is 36.8 Å². The van der Waals surface area contributed by atoms with E-state index in [1.165, 1.54) is 13.1 Å². The Balaban J connectivity index is 1.87. The van der Waals surface area contributed by atoms with E-state index in [-0.39, 0.29) is 6.42 Å². The van der Waals surface area contributed by atoms with Crippen molar-refractivity contribution in [3.05, 3.63) is 64.1 Å². The Morgan fingerprint density at radius 1 is 1.14 bits per heavy atom. The zero-order valence-corrected chi connectivity index (χ0v) is 19.6. The lowest BCUT2D eigenvalue weighted by Gasteiger charge is -2.29. The highest BCUT2D eigenvalue weighted by atomic mass is 16.6. The van der Waals surface area contributed by atoms with Gasteiger partial charge in [0.25, 0.3) is 5.91 Å². The number of carbonyl (C=O) groups excluding carboxylic acids is 4. The van der Waals surface area contributed by atoms with Crippen LogP contribution in [0, 0.1) is 11.8 Å². The number of hydrogen-bond acceptors (Lipinski definition) is 9. The molecule has 1 fully saturated rings. The summed E-state index contributed by atoms with van der Waals surface area (Å²) in [5, 5.41) is 8.31. The monoisotopic (exact) mass is 485 g/mol. The summed E-state index contributed by atoms with van der Waals surface area (Å²) in [6.07, 6.45) is -0.753. The molecule has 0 radical (unpaired) electrons. The van der Waals surface area contributed by atoms with Gasteiger partial charge in [-0.2, -0.15) is 5.10 Å². The van der Waals surface area contributed by atoms with E-state index < -0.39 is 71.6 Å². The number of nitrogens with one attached hydrogen (secondary N) is 2. The summed E-state index contributed by atoms with van der Waals surface area (Å²) >= 11 is 0. The van der Waals surface area contributed by atoms with Gasteiger partial charge in [-0.05, 0) is 18.9 Å². The average molecular weight is 485 g/mol. The van der Waals surface area contributed by atoms with E-state index in [1.54, 1.807) is 26.0 Å². The molecule has 3 rings (SSSR count). The number of esters is 3. The van der Waals surface area contributed by atoms with Crippen molar-refractivity contribution < 1.29 is 33.4 Å². The molecule has 0 saturated carbocycles. The van der Waals surface area contributed by atoms with Crippen LogP contribution in [0.4, 0.5) is 0 Å². The molecule has 35 heavy (non-hydrogen) atoms. The van der Waals surface area contributed by atoms with Gasteiger partial charge in [0.15, 0.2) is 17.8 Å². The Bertz CT molecular complexity index is 1130. The lowest BCUT2D eigenvalue weighted by atomic mass is 9.91. The van der Waals surface area contributed by atoms with E-state index in [9.17, 15) is 24.0 Å². The van der Waals surface area contributed by atoms with Crippen molar-refractivity contribution in [1.29, 1.82) is 0 Å². The van der Waals surface area contributed by atoms with Crippen LogP contribution in [0.5, 0.6) is 0 Å². The van der Waals surface area contributed by atoms with Crippen molar-refractivity contribution in [2.45, 2.75) is 45.4 Å². The second-order valence-corrected chi connectivity index (χ2v) is 8.44. The third-order valence-electron chi connectivity index (χ3n) is 5.40. The molecule has 0 unspecified atom stereocenters. The summed E-state index contributed by atoms with van der Waals surface area (Å²) < 4.78 is 16.5. The number of amides is 1. The third-order valence-corrected chi connectivity index (χ3v) is 5.40. The van der Waals surface area contributed by atoms with Crippen LogP contribution in [-0.2, 0) is 35.0 Å². The van der Waals surface area contributed by atoms with Gasteiger partial charge < -0.3 is 19.5 Å². The van der Waals surface area contributed by atoms with E-state index in [0.29, 0.717) is 0 Å². The highest BCUT2D eigenvalue weighted by molar-refractivity contribution is 5.95. The zero-order chi connectivity index (χ0) is 25.5. The second kappa shape index (κ2) is 11.4. The Kier molecular flexibility index (Phi) is 8.34. The Hall–Kier alpha value is -4.02. The Morgan fingerprint density at radius 2 is 1.86 bits per heavy atom. The summed E-state index contributed by atoms with van der Waals surface area (Å²) in [6, 6.07) is 8.75. The minimum Gasteiger partial charge on any atom is -0.463 e. The Labute approximate surface area is 201 Å². The van der Waals surface area contributed by atoms with Gasteiger partial charge >= 0.3 is 17.9 Å². The quantitative estimate of drug-likeness (QED) is 0.446. The highest BCUT2D eigenvalue weighted by Crippen LogP contribution is 2.24. The maximum absolute atomic E-state index is 13.1. The van der Waals surface area contributed by atoms with Crippen molar-refractivity contribution in [3.8, 4) is 0 Å². The number of aromatic nitrogens is 2. The van der Waals surface area contributed by atoms with Gasteiger partial charge in [0.1, 0.15) is 18.6 Å².